The van der Waals surface area contributed by atoms with Crippen LogP contribution >= 0.6 is 0 Å². The Labute approximate surface area is 148 Å². The highest BCUT2D eigenvalue weighted by atomic mass is 16.5. The highest BCUT2D eigenvalue weighted by molar-refractivity contribution is 5.95. The Bertz CT molecular complexity index is 768. The van der Waals surface area contributed by atoms with Gasteiger partial charge in [0, 0.05) is 30.9 Å². The van der Waals surface area contributed by atoms with E-state index in [4.69, 9.17) is 4.74 Å². The molecule has 25 heavy (non-hydrogen) atoms. The van der Waals surface area contributed by atoms with Crippen LogP contribution < -0.4 is 5.32 Å². The third kappa shape index (κ3) is 4.12. The largest absolute Gasteiger partial charge is 0.508 e. The number of hydrogen-bond donors (Lipinski definition) is 2. The Hall–Kier alpha value is -2.53. The van der Waals surface area contributed by atoms with Gasteiger partial charge in [0.1, 0.15) is 5.75 Å². The van der Waals surface area contributed by atoms with Crippen molar-refractivity contribution in [3.8, 4) is 5.75 Å². The summed E-state index contributed by atoms with van der Waals surface area (Å²) in [6.45, 7) is 6.99. The smallest absolute Gasteiger partial charge is 0.254 e. The Balaban J connectivity index is 1.67. The summed E-state index contributed by atoms with van der Waals surface area (Å²) in [5, 5.41) is 13.2. The molecule has 0 bridgehead atoms. The Kier molecular flexibility index (Phi) is 5.24. The average molecular weight is 340 g/mol. The van der Waals surface area contributed by atoms with Crippen LogP contribution in [0.4, 0.5) is 5.69 Å². The van der Waals surface area contributed by atoms with Gasteiger partial charge >= 0.3 is 0 Å². The zero-order valence-corrected chi connectivity index (χ0v) is 14.7. The lowest BCUT2D eigenvalue weighted by molar-refractivity contribution is 0.0303. The zero-order chi connectivity index (χ0) is 17.8. The van der Waals surface area contributed by atoms with Crippen molar-refractivity contribution >= 4 is 11.6 Å². The first-order valence-electron chi connectivity index (χ1n) is 8.54. The van der Waals surface area contributed by atoms with Crippen molar-refractivity contribution in [2.45, 2.75) is 20.4 Å². The second-order valence-electron chi connectivity index (χ2n) is 6.41. The summed E-state index contributed by atoms with van der Waals surface area (Å²) in [7, 11) is 0. The lowest BCUT2D eigenvalue weighted by Gasteiger charge is -2.27. The van der Waals surface area contributed by atoms with E-state index in [-0.39, 0.29) is 5.91 Å². The SMILES string of the molecule is Cc1ccc(CNc2ccc(C(=O)N3CCOCC3)cc2C)cc1O. The van der Waals surface area contributed by atoms with Gasteiger partial charge in [-0.15, -0.1) is 0 Å². The summed E-state index contributed by atoms with van der Waals surface area (Å²) in [5.74, 6) is 0.365. The molecule has 1 aliphatic rings. The van der Waals surface area contributed by atoms with Gasteiger partial charge in [0.05, 0.1) is 13.2 Å². The number of hydrogen-bond acceptors (Lipinski definition) is 4. The van der Waals surface area contributed by atoms with Crippen molar-refractivity contribution < 1.29 is 14.6 Å². The van der Waals surface area contributed by atoms with Crippen LogP contribution in [0.15, 0.2) is 36.4 Å². The molecule has 5 heteroatoms. The van der Waals surface area contributed by atoms with Crippen molar-refractivity contribution in [1.82, 2.24) is 4.90 Å². The van der Waals surface area contributed by atoms with Crippen LogP contribution in [0.1, 0.15) is 27.0 Å². The van der Waals surface area contributed by atoms with Crippen molar-refractivity contribution in [2.75, 3.05) is 31.6 Å². The molecule has 0 spiro atoms. The molecule has 2 N–H and O–H groups in total. The lowest BCUT2D eigenvalue weighted by atomic mass is 10.1. The average Bonchev–Trinajstić information content (AvgIpc) is 2.63. The molecule has 0 saturated carbocycles. The van der Waals surface area contributed by atoms with E-state index in [1.165, 1.54) is 0 Å². The highest BCUT2D eigenvalue weighted by Crippen LogP contribution is 2.21. The van der Waals surface area contributed by atoms with Crippen LogP contribution in [-0.4, -0.2) is 42.2 Å². The standard InChI is InChI=1S/C20H24N2O3/c1-14-3-4-16(12-19(14)23)13-21-18-6-5-17(11-15(18)2)20(24)22-7-9-25-10-8-22/h3-6,11-12,21,23H,7-10,13H2,1-2H3. The summed E-state index contributed by atoms with van der Waals surface area (Å²) >= 11 is 0. The molecule has 0 aliphatic carbocycles. The van der Waals surface area contributed by atoms with Crippen LogP contribution in [-0.2, 0) is 11.3 Å². The maximum atomic E-state index is 12.5. The van der Waals surface area contributed by atoms with Gasteiger partial charge in [0.2, 0.25) is 0 Å². The molecule has 1 heterocycles. The van der Waals surface area contributed by atoms with Crippen LogP contribution in [0.2, 0.25) is 0 Å². The maximum Gasteiger partial charge on any atom is 0.254 e. The molecule has 1 aliphatic heterocycles. The molecular formula is C20H24N2O3. The third-order valence-corrected chi connectivity index (χ3v) is 4.53. The number of phenolic OH excluding ortho intramolecular Hbond substituents is 1. The summed E-state index contributed by atoms with van der Waals surface area (Å²) in [4.78, 5) is 14.4. The normalized spacial score (nSPS) is 14.4. The van der Waals surface area contributed by atoms with Gasteiger partial charge in [-0.05, 0) is 54.8 Å². The molecule has 3 rings (SSSR count). The highest BCUT2D eigenvalue weighted by Gasteiger charge is 2.18. The third-order valence-electron chi connectivity index (χ3n) is 4.53. The number of aryl methyl sites for hydroxylation is 2. The zero-order valence-electron chi connectivity index (χ0n) is 14.7. The monoisotopic (exact) mass is 340 g/mol. The fourth-order valence-electron chi connectivity index (χ4n) is 2.91. The lowest BCUT2D eigenvalue weighted by Crippen LogP contribution is -2.40. The molecule has 1 saturated heterocycles. The minimum absolute atomic E-state index is 0.0569. The van der Waals surface area contributed by atoms with Crippen molar-refractivity contribution in [3.05, 3.63) is 58.7 Å². The number of rotatable bonds is 4. The van der Waals surface area contributed by atoms with Crippen LogP contribution in [0.25, 0.3) is 0 Å². The number of carbonyl (C=O) groups is 1. The van der Waals surface area contributed by atoms with E-state index in [1.54, 1.807) is 6.07 Å². The first-order valence-corrected chi connectivity index (χ1v) is 8.54. The molecule has 0 radical (unpaired) electrons. The number of phenols is 1. The van der Waals surface area contributed by atoms with E-state index >= 15 is 0 Å². The van der Waals surface area contributed by atoms with Crippen molar-refractivity contribution in [2.24, 2.45) is 0 Å². The van der Waals surface area contributed by atoms with Crippen molar-refractivity contribution in [3.63, 3.8) is 0 Å². The predicted molar refractivity (Wildman–Crippen MR) is 98.1 cm³/mol. The van der Waals surface area contributed by atoms with Crippen LogP contribution in [0.5, 0.6) is 5.75 Å². The Morgan fingerprint density at radius 3 is 2.56 bits per heavy atom. The van der Waals surface area contributed by atoms with Crippen LogP contribution in [0.3, 0.4) is 0 Å². The quantitative estimate of drug-likeness (QED) is 0.898. The fraction of sp³-hybridized carbons (Fsp3) is 0.350. The number of nitrogens with zero attached hydrogens (tertiary/aromatic N) is 1. The summed E-state index contributed by atoms with van der Waals surface area (Å²) in [6.07, 6.45) is 0. The molecule has 2 aromatic carbocycles. The number of anilines is 1. The maximum absolute atomic E-state index is 12.5. The van der Waals surface area contributed by atoms with E-state index in [9.17, 15) is 9.90 Å². The predicted octanol–water partition coefficient (Wildman–Crippen LogP) is 3.09. The topological polar surface area (TPSA) is 61.8 Å². The van der Waals surface area contributed by atoms with Crippen LogP contribution in [0, 0.1) is 13.8 Å². The Morgan fingerprint density at radius 1 is 1.12 bits per heavy atom. The summed E-state index contributed by atoms with van der Waals surface area (Å²) < 4.78 is 5.30. The molecule has 2 aromatic rings. The molecule has 5 nitrogen and oxygen atoms in total. The molecule has 132 valence electrons. The van der Waals surface area contributed by atoms with Gasteiger partial charge < -0.3 is 20.1 Å². The second-order valence-corrected chi connectivity index (χ2v) is 6.41. The van der Waals surface area contributed by atoms with E-state index < -0.39 is 0 Å². The van der Waals surface area contributed by atoms with E-state index in [0.717, 1.165) is 22.4 Å². The number of ether oxygens (including phenoxy) is 1. The second kappa shape index (κ2) is 7.57. The van der Waals surface area contributed by atoms with Gasteiger partial charge in [0.25, 0.3) is 5.91 Å². The molecule has 1 amide bonds. The minimum atomic E-state index is 0.0569. The Morgan fingerprint density at radius 2 is 1.88 bits per heavy atom. The summed E-state index contributed by atoms with van der Waals surface area (Å²) in [6, 6.07) is 11.4. The first kappa shape index (κ1) is 17.3. The number of amides is 1. The molecule has 0 atom stereocenters. The van der Waals surface area contributed by atoms with E-state index in [0.29, 0.717) is 44.2 Å². The van der Waals surface area contributed by atoms with Gasteiger partial charge in [-0.3, -0.25) is 4.79 Å². The number of aromatic hydroxyl groups is 1. The molecule has 1 fully saturated rings. The number of nitrogens with one attached hydrogen (secondary N) is 1. The van der Waals surface area contributed by atoms with Gasteiger partial charge in [-0.1, -0.05) is 12.1 Å². The van der Waals surface area contributed by atoms with Crippen molar-refractivity contribution in [1.29, 1.82) is 0 Å². The molecule has 0 aromatic heterocycles. The fourth-order valence-corrected chi connectivity index (χ4v) is 2.91. The van der Waals surface area contributed by atoms with Gasteiger partial charge in [-0.2, -0.15) is 0 Å². The number of carbonyl (C=O) groups excluding carboxylic acids is 1. The first-order chi connectivity index (χ1) is 12.0. The van der Waals surface area contributed by atoms with E-state index in [1.807, 2.05) is 49.1 Å². The van der Waals surface area contributed by atoms with Gasteiger partial charge in [0.15, 0.2) is 0 Å². The summed E-state index contributed by atoms with van der Waals surface area (Å²) in [5.41, 5.74) is 4.59. The molecular weight excluding hydrogens is 316 g/mol. The number of morpholine rings is 1. The van der Waals surface area contributed by atoms with Gasteiger partial charge in [-0.25, -0.2) is 0 Å². The molecule has 0 unspecified atom stereocenters. The van der Waals surface area contributed by atoms with E-state index in [2.05, 4.69) is 5.32 Å². The minimum Gasteiger partial charge on any atom is -0.508 e. The number of benzene rings is 2.